The van der Waals surface area contributed by atoms with Crippen LogP contribution in [0.2, 0.25) is 0 Å². The van der Waals surface area contributed by atoms with E-state index >= 15 is 0 Å². The van der Waals surface area contributed by atoms with Crippen LogP contribution >= 0.6 is 0 Å². The fourth-order valence-electron chi connectivity index (χ4n) is 3.64. The first-order chi connectivity index (χ1) is 9.08. The molecule has 0 spiro atoms. The molecular formula is C15H18FNO2. The number of carbonyl (C=O) groups is 1. The summed E-state index contributed by atoms with van der Waals surface area (Å²) in [6, 6.07) is 5.30. The molecule has 0 aromatic heterocycles. The summed E-state index contributed by atoms with van der Waals surface area (Å²) in [5.41, 5.74) is 2.26. The Balaban J connectivity index is 1.85. The van der Waals surface area contributed by atoms with Crippen LogP contribution in [-0.2, 0) is 11.2 Å². The molecule has 3 atom stereocenters. The summed E-state index contributed by atoms with van der Waals surface area (Å²) in [5.74, 6) is -1.16. The van der Waals surface area contributed by atoms with Gasteiger partial charge < -0.3 is 5.11 Å². The molecule has 1 saturated heterocycles. The first-order valence-corrected chi connectivity index (χ1v) is 6.85. The molecule has 0 amide bonds. The molecule has 0 bridgehead atoms. The molecule has 102 valence electrons. The van der Waals surface area contributed by atoms with Crippen molar-refractivity contribution in [2.75, 3.05) is 6.54 Å². The molecular weight excluding hydrogens is 245 g/mol. The van der Waals surface area contributed by atoms with E-state index in [2.05, 4.69) is 4.90 Å². The van der Waals surface area contributed by atoms with E-state index in [1.807, 2.05) is 13.0 Å². The second-order valence-electron chi connectivity index (χ2n) is 5.61. The monoisotopic (exact) mass is 263 g/mol. The third-order valence-corrected chi connectivity index (χ3v) is 4.67. The number of benzene rings is 1. The molecule has 3 rings (SSSR count). The summed E-state index contributed by atoms with van der Waals surface area (Å²) in [4.78, 5) is 13.5. The number of carboxylic acids is 1. The number of nitrogens with zero attached hydrogens (tertiary/aromatic N) is 1. The van der Waals surface area contributed by atoms with Crippen molar-refractivity contribution in [2.45, 2.75) is 38.3 Å². The van der Waals surface area contributed by atoms with Gasteiger partial charge in [-0.2, -0.15) is 0 Å². The van der Waals surface area contributed by atoms with Gasteiger partial charge in [-0.3, -0.25) is 9.69 Å². The van der Waals surface area contributed by atoms with Crippen molar-refractivity contribution in [1.29, 1.82) is 0 Å². The molecule has 19 heavy (non-hydrogen) atoms. The summed E-state index contributed by atoms with van der Waals surface area (Å²) in [6.45, 7) is 2.81. The third-order valence-electron chi connectivity index (χ3n) is 4.67. The van der Waals surface area contributed by atoms with Crippen molar-refractivity contribution in [3.05, 3.63) is 35.1 Å². The highest BCUT2D eigenvalue weighted by molar-refractivity contribution is 5.71. The van der Waals surface area contributed by atoms with Crippen molar-refractivity contribution in [1.82, 2.24) is 4.90 Å². The molecule has 1 aromatic rings. The maximum Gasteiger partial charge on any atom is 0.308 e. The zero-order valence-electron chi connectivity index (χ0n) is 11.0. The van der Waals surface area contributed by atoms with Crippen molar-refractivity contribution in [3.63, 3.8) is 0 Å². The molecule has 1 heterocycles. The smallest absolute Gasteiger partial charge is 0.308 e. The largest absolute Gasteiger partial charge is 0.481 e. The molecule has 3 nitrogen and oxygen atoms in total. The highest BCUT2D eigenvalue weighted by atomic mass is 19.1. The second-order valence-corrected chi connectivity index (χ2v) is 5.61. The van der Waals surface area contributed by atoms with Crippen molar-refractivity contribution < 1.29 is 14.3 Å². The molecule has 0 saturated carbocycles. The summed E-state index contributed by atoms with van der Waals surface area (Å²) in [7, 11) is 0. The van der Waals surface area contributed by atoms with Crippen molar-refractivity contribution in [3.8, 4) is 0 Å². The van der Waals surface area contributed by atoms with Gasteiger partial charge in [0.2, 0.25) is 0 Å². The Morgan fingerprint density at radius 1 is 1.42 bits per heavy atom. The molecule has 1 aliphatic heterocycles. The highest BCUT2D eigenvalue weighted by Crippen LogP contribution is 2.41. The lowest BCUT2D eigenvalue weighted by atomic mass is 10.0. The standard InChI is InChI=1S/C15H18FNO2/c1-9-12(15(18)19)6-7-17(9)14-5-2-10-8-11(16)3-4-13(10)14/h3-4,8-9,12,14H,2,5-7H2,1H3,(H,18,19). The van der Waals surface area contributed by atoms with Crippen LogP contribution in [0.4, 0.5) is 4.39 Å². The predicted molar refractivity (Wildman–Crippen MR) is 69.4 cm³/mol. The number of likely N-dealkylation sites (tertiary alicyclic amines) is 1. The molecule has 3 unspecified atom stereocenters. The fourth-order valence-corrected chi connectivity index (χ4v) is 3.64. The van der Waals surface area contributed by atoms with E-state index in [-0.39, 0.29) is 23.8 Å². The molecule has 1 fully saturated rings. The van der Waals surface area contributed by atoms with Gasteiger partial charge in [0, 0.05) is 12.1 Å². The zero-order chi connectivity index (χ0) is 13.6. The maximum absolute atomic E-state index is 13.2. The van der Waals surface area contributed by atoms with Gasteiger partial charge in [0.05, 0.1) is 5.92 Å². The van der Waals surface area contributed by atoms with Crippen LogP contribution in [0.1, 0.15) is 36.9 Å². The Morgan fingerprint density at radius 2 is 2.21 bits per heavy atom. The van der Waals surface area contributed by atoms with Crippen LogP contribution in [0.5, 0.6) is 0 Å². The molecule has 2 aliphatic rings. The predicted octanol–water partition coefficient (Wildman–Crippen LogP) is 2.61. The number of aliphatic carboxylic acids is 1. The summed E-state index contributed by atoms with van der Waals surface area (Å²) in [6.07, 6.45) is 2.57. The van der Waals surface area contributed by atoms with E-state index in [1.54, 1.807) is 6.07 Å². The number of hydrogen-bond acceptors (Lipinski definition) is 2. The first kappa shape index (κ1) is 12.6. The molecule has 0 radical (unpaired) electrons. The number of halogens is 1. The van der Waals surface area contributed by atoms with Crippen molar-refractivity contribution in [2.24, 2.45) is 5.92 Å². The lowest BCUT2D eigenvalue weighted by Gasteiger charge is -2.30. The van der Waals surface area contributed by atoms with E-state index in [1.165, 1.54) is 11.6 Å². The van der Waals surface area contributed by atoms with Gasteiger partial charge in [0.15, 0.2) is 0 Å². The normalized spacial score (nSPS) is 30.5. The molecule has 1 aliphatic carbocycles. The minimum atomic E-state index is -0.702. The average molecular weight is 263 g/mol. The zero-order valence-corrected chi connectivity index (χ0v) is 11.0. The van der Waals surface area contributed by atoms with Gasteiger partial charge in [-0.25, -0.2) is 4.39 Å². The fraction of sp³-hybridized carbons (Fsp3) is 0.533. The van der Waals surface area contributed by atoms with Crippen molar-refractivity contribution >= 4 is 5.97 Å². The molecule has 1 aromatic carbocycles. The summed E-state index contributed by atoms with van der Waals surface area (Å²) < 4.78 is 13.2. The van der Waals surface area contributed by atoms with Gasteiger partial charge in [-0.05, 0) is 56.0 Å². The Bertz CT molecular complexity index is 517. The SMILES string of the molecule is CC1C(C(=O)O)CCN1C1CCc2cc(F)ccc21. The lowest BCUT2D eigenvalue weighted by Crippen LogP contribution is -2.35. The van der Waals surface area contributed by atoms with Crippen LogP contribution in [-0.4, -0.2) is 28.6 Å². The van der Waals surface area contributed by atoms with Gasteiger partial charge in [-0.1, -0.05) is 6.07 Å². The number of aryl methyl sites for hydroxylation is 1. The Labute approximate surface area is 112 Å². The average Bonchev–Trinajstić information content (AvgIpc) is 2.91. The van der Waals surface area contributed by atoms with Gasteiger partial charge >= 0.3 is 5.97 Å². The van der Waals surface area contributed by atoms with Gasteiger partial charge in [-0.15, -0.1) is 0 Å². The van der Waals surface area contributed by atoms with E-state index < -0.39 is 5.97 Å². The number of carboxylic acid groups (broad SMARTS) is 1. The van der Waals surface area contributed by atoms with Crippen LogP contribution in [0.3, 0.4) is 0 Å². The quantitative estimate of drug-likeness (QED) is 0.891. The van der Waals surface area contributed by atoms with Gasteiger partial charge in [0.25, 0.3) is 0 Å². The third kappa shape index (κ3) is 2.04. The van der Waals surface area contributed by atoms with E-state index in [0.717, 1.165) is 24.9 Å². The van der Waals surface area contributed by atoms with E-state index in [0.29, 0.717) is 6.42 Å². The van der Waals surface area contributed by atoms with Crippen LogP contribution in [0, 0.1) is 11.7 Å². The maximum atomic E-state index is 13.2. The Hall–Kier alpha value is -1.42. The Kier molecular flexibility index (Phi) is 3.05. The van der Waals surface area contributed by atoms with E-state index in [9.17, 15) is 14.3 Å². The van der Waals surface area contributed by atoms with E-state index in [4.69, 9.17) is 0 Å². The summed E-state index contributed by atoms with van der Waals surface area (Å²) in [5, 5.41) is 9.20. The molecule has 4 heteroatoms. The molecule has 1 N–H and O–H groups in total. The minimum absolute atomic E-state index is 0.0542. The topological polar surface area (TPSA) is 40.5 Å². The second kappa shape index (κ2) is 4.60. The number of hydrogen-bond donors (Lipinski definition) is 1. The lowest BCUT2D eigenvalue weighted by molar-refractivity contribution is -0.142. The van der Waals surface area contributed by atoms with Gasteiger partial charge in [0.1, 0.15) is 5.82 Å². The number of fused-ring (bicyclic) bond motifs is 1. The Morgan fingerprint density at radius 3 is 2.89 bits per heavy atom. The number of rotatable bonds is 2. The summed E-state index contributed by atoms with van der Waals surface area (Å²) >= 11 is 0. The van der Waals surface area contributed by atoms with Crippen LogP contribution < -0.4 is 0 Å². The van der Waals surface area contributed by atoms with Crippen LogP contribution in [0.15, 0.2) is 18.2 Å². The first-order valence-electron chi connectivity index (χ1n) is 6.85. The minimum Gasteiger partial charge on any atom is -0.481 e. The highest BCUT2D eigenvalue weighted by Gasteiger charge is 2.41. The van der Waals surface area contributed by atoms with Crippen LogP contribution in [0.25, 0.3) is 0 Å².